The number of halogens is 1. The van der Waals surface area contributed by atoms with Gasteiger partial charge < -0.3 is 9.88 Å². The lowest BCUT2D eigenvalue weighted by Crippen LogP contribution is -2.14. The van der Waals surface area contributed by atoms with Gasteiger partial charge in [-0.2, -0.15) is 0 Å². The molecule has 7 heteroatoms. The van der Waals surface area contributed by atoms with Gasteiger partial charge in [0.15, 0.2) is 5.16 Å². The molecule has 22 heavy (non-hydrogen) atoms. The monoisotopic (exact) mass is 382 g/mol. The SMILES string of the molecule is CCCc1nnc(SCC(=O)Nc2cccc(Br)c2)n1CC. The zero-order valence-corrected chi connectivity index (χ0v) is 15.1. The molecule has 0 spiro atoms. The molecule has 0 saturated carbocycles. The lowest BCUT2D eigenvalue weighted by molar-refractivity contribution is -0.113. The molecule has 5 nitrogen and oxygen atoms in total. The van der Waals surface area contributed by atoms with Crippen molar-refractivity contribution in [2.45, 2.75) is 38.4 Å². The molecule has 0 bridgehead atoms. The average Bonchev–Trinajstić information content (AvgIpc) is 2.87. The second-order valence-electron chi connectivity index (χ2n) is 4.74. The van der Waals surface area contributed by atoms with Crippen molar-refractivity contribution < 1.29 is 4.79 Å². The summed E-state index contributed by atoms with van der Waals surface area (Å²) >= 11 is 4.80. The fourth-order valence-electron chi connectivity index (χ4n) is 2.05. The zero-order chi connectivity index (χ0) is 15.9. The van der Waals surface area contributed by atoms with Gasteiger partial charge in [0.25, 0.3) is 0 Å². The molecule has 0 fully saturated rings. The second kappa shape index (κ2) is 8.33. The second-order valence-corrected chi connectivity index (χ2v) is 6.60. The highest BCUT2D eigenvalue weighted by atomic mass is 79.9. The summed E-state index contributed by atoms with van der Waals surface area (Å²) in [6.07, 6.45) is 1.94. The number of anilines is 1. The van der Waals surface area contributed by atoms with Crippen molar-refractivity contribution in [2.24, 2.45) is 0 Å². The largest absolute Gasteiger partial charge is 0.325 e. The van der Waals surface area contributed by atoms with Crippen molar-refractivity contribution in [3.05, 3.63) is 34.6 Å². The van der Waals surface area contributed by atoms with Crippen LogP contribution in [0, 0.1) is 0 Å². The Balaban J connectivity index is 1.93. The molecule has 1 heterocycles. The van der Waals surface area contributed by atoms with Gasteiger partial charge in [0.2, 0.25) is 5.91 Å². The Bertz CT molecular complexity index is 644. The molecule has 118 valence electrons. The quantitative estimate of drug-likeness (QED) is 0.740. The minimum Gasteiger partial charge on any atom is -0.325 e. The molecule has 0 saturated heterocycles. The molecular weight excluding hydrogens is 364 g/mol. The first kappa shape index (κ1) is 17.0. The zero-order valence-electron chi connectivity index (χ0n) is 12.7. The summed E-state index contributed by atoms with van der Waals surface area (Å²) in [6, 6.07) is 7.54. The molecule has 0 unspecified atom stereocenters. The maximum atomic E-state index is 12.0. The van der Waals surface area contributed by atoms with E-state index in [1.54, 1.807) is 0 Å². The number of thioether (sulfide) groups is 1. The van der Waals surface area contributed by atoms with Gasteiger partial charge in [0.05, 0.1) is 5.75 Å². The van der Waals surface area contributed by atoms with Crippen LogP contribution in [0.15, 0.2) is 33.9 Å². The van der Waals surface area contributed by atoms with Crippen molar-refractivity contribution in [3.8, 4) is 0 Å². The number of aryl methyl sites for hydroxylation is 1. The highest BCUT2D eigenvalue weighted by molar-refractivity contribution is 9.10. The fraction of sp³-hybridized carbons (Fsp3) is 0.400. The van der Waals surface area contributed by atoms with E-state index in [4.69, 9.17) is 0 Å². The Morgan fingerprint density at radius 3 is 2.86 bits per heavy atom. The minimum absolute atomic E-state index is 0.0502. The molecule has 0 aliphatic carbocycles. The van der Waals surface area contributed by atoms with Gasteiger partial charge in [-0.3, -0.25) is 4.79 Å². The maximum absolute atomic E-state index is 12.0. The molecule has 1 amide bonds. The minimum atomic E-state index is -0.0502. The van der Waals surface area contributed by atoms with Crippen LogP contribution in [0.3, 0.4) is 0 Å². The van der Waals surface area contributed by atoms with Crippen molar-refractivity contribution in [3.63, 3.8) is 0 Å². The first-order chi connectivity index (χ1) is 10.6. The van der Waals surface area contributed by atoms with Crippen LogP contribution >= 0.6 is 27.7 Å². The van der Waals surface area contributed by atoms with Crippen LogP contribution in [0.5, 0.6) is 0 Å². The number of carbonyl (C=O) groups is 1. The van der Waals surface area contributed by atoms with Crippen LogP contribution in [-0.2, 0) is 17.8 Å². The molecule has 0 radical (unpaired) electrons. The molecule has 0 aliphatic heterocycles. The first-order valence-corrected chi connectivity index (χ1v) is 9.02. The van der Waals surface area contributed by atoms with Gasteiger partial charge in [0, 0.05) is 23.1 Å². The van der Waals surface area contributed by atoms with Crippen LogP contribution in [0.2, 0.25) is 0 Å². The van der Waals surface area contributed by atoms with E-state index in [2.05, 4.69) is 49.9 Å². The predicted octanol–water partition coefficient (Wildman–Crippen LogP) is 3.74. The Kier molecular flexibility index (Phi) is 6.45. The Hall–Kier alpha value is -1.34. The number of hydrogen-bond acceptors (Lipinski definition) is 4. The van der Waals surface area contributed by atoms with E-state index in [0.717, 1.165) is 40.5 Å². The van der Waals surface area contributed by atoms with Gasteiger partial charge in [-0.1, -0.05) is 40.7 Å². The van der Waals surface area contributed by atoms with Crippen molar-refractivity contribution in [2.75, 3.05) is 11.1 Å². The van der Waals surface area contributed by atoms with Crippen LogP contribution < -0.4 is 5.32 Å². The van der Waals surface area contributed by atoms with Crippen molar-refractivity contribution >= 4 is 39.3 Å². The third-order valence-electron chi connectivity index (χ3n) is 3.02. The number of nitrogens with zero attached hydrogens (tertiary/aromatic N) is 3. The lowest BCUT2D eigenvalue weighted by atomic mass is 10.3. The van der Waals surface area contributed by atoms with Crippen LogP contribution in [0.25, 0.3) is 0 Å². The maximum Gasteiger partial charge on any atom is 0.234 e. The number of amides is 1. The Morgan fingerprint density at radius 2 is 2.18 bits per heavy atom. The molecule has 1 aromatic carbocycles. The van der Waals surface area contributed by atoms with E-state index in [9.17, 15) is 4.79 Å². The van der Waals surface area contributed by atoms with Gasteiger partial charge in [-0.15, -0.1) is 10.2 Å². The molecule has 0 aliphatic rings. The smallest absolute Gasteiger partial charge is 0.234 e. The fourth-order valence-corrected chi connectivity index (χ4v) is 3.27. The van der Waals surface area contributed by atoms with Crippen LogP contribution in [0.1, 0.15) is 26.1 Å². The number of benzene rings is 1. The van der Waals surface area contributed by atoms with Gasteiger partial charge in [0.1, 0.15) is 5.82 Å². The van der Waals surface area contributed by atoms with E-state index in [-0.39, 0.29) is 5.91 Å². The number of hydrogen-bond donors (Lipinski definition) is 1. The number of nitrogens with one attached hydrogen (secondary N) is 1. The molecule has 1 aromatic heterocycles. The summed E-state index contributed by atoms with van der Waals surface area (Å²) in [6.45, 7) is 5.00. The van der Waals surface area contributed by atoms with Crippen LogP contribution in [0.4, 0.5) is 5.69 Å². The summed E-state index contributed by atoms with van der Waals surface area (Å²) in [7, 11) is 0. The molecule has 2 aromatic rings. The lowest BCUT2D eigenvalue weighted by Gasteiger charge is -2.07. The molecule has 2 rings (SSSR count). The standard InChI is InChI=1S/C15H19BrN4OS/c1-3-6-13-18-19-15(20(13)4-2)22-10-14(21)17-12-8-5-7-11(16)9-12/h5,7-9H,3-4,6,10H2,1-2H3,(H,17,21). The van der Waals surface area contributed by atoms with E-state index >= 15 is 0 Å². The van der Waals surface area contributed by atoms with E-state index < -0.39 is 0 Å². The topological polar surface area (TPSA) is 59.8 Å². The highest BCUT2D eigenvalue weighted by Crippen LogP contribution is 2.19. The summed E-state index contributed by atoms with van der Waals surface area (Å²) < 4.78 is 3.01. The van der Waals surface area contributed by atoms with Gasteiger partial charge in [-0.05, 0) is 31.5 Å². The summed E-state index contributed by atoms with van der Waals surface area (Å²) in [5.74, 6) is 1.25. The molecular formula is C15H19BrN4OS. The molecule has 0 atom stereocenters. The van der Waals surface area contributed by atoms with E-state index in [1.165, 1.54) is 11.8 Å². The van der Waals surface area contributed by atoms with Crippen molar-refractivity contribution in [1.29, 1.82) is 0 Å². The molecule has 1 N–H and O–H groups in total. The normalized spacial score (nSPS) is 10.7. The number of rotatable bonds is 7. The summed E-state index contributed by atoms with van der Waals surface area (Å²) in [5, 5.41) is 12.1. The van der Waals surface area contributed by atoms with Gasteiger partial charge in [-0.25, -0.2) is 0 Å². The van der Waals surface area contributed by atoms with Gasteiger partial charge >= 0.3 is 0 Å². The third-order valence-corrected chi connectivity index (χ3v) is 4.48. The van der Waals surface area contributed by atoms with E-state index in [0.29, 0.717) is 5.75 Å². The third kappa shape index (κ3) is 4.58. The Morgan fingerprint density at radius 1 is 1.36 bits per heavy atom. The first-order valence-electron chi connectivity index (χ1n) is 7.24. The number of aromatic nitrogens is 3. The average molecular weight is 383 g/mol. The van der Waals surface area contributed by atoms with Crippen molar-refractivity contribution in [1.82, 2.24) is 14.8 Å². The highest BCUT2D eigenvalue weighted by Gasteiger charge is 2.12. The predicted molar refractivity (Wildman–Crippen MR) is 93.2 cm³/mol. The number of carbonyl (C=O) groups excluding carboxylic acids is 1. The Labute approximate surface area is 143 Å². The van der Waals surface area contributed by atoms with Crippen LogP contribution in [-0.4, -0.2) is 26.4 Å². The summed E-state index contributed by atoms with van der Waals surface area (Å²) in [4.78, 5) is 12.0. The summed E-state index contributed by atoms with van der Waals surface area (Å²) in [5.41, 5.74) is 0.781. The van der Waals surface area contributed by atoms with E-state index in [1.807, 2.05) is 24.3 Å².